The van der Waals surface area contributed by atoms with Gasteiger partial charge in [0, 0.05) is 24.8 Å². The molecule has 0 fully saturated rings. The van der Waals surface area contributed by atoms with Crippen molar-refractivity contribution in [1.82, 2.24) is 4.98 Å². The third kappa shape index (κ3) is 8.56. The van der Waals surface area contributed by atoms with Gasteiger partial charge in [0.25, 0.3) is 0 Å². The van der Waals surface area contributed by atoms with Gasteiger partial charge >= 0.3 is 12.1 Å². The van der Waals surface area contributed by atoms with E-state index in [1.807, 2.05) is 0 Å². The molecule has 0 amide bonds. The summed E-state index contributed by atoms with van der Waals surface area (Å²) in [6, 6.07) is 1.39. The van der Waals surface area contributed by atoms with Crippen LogP contribution in [0.15, 0.2) is 24.4 Å². The summed E-state index contributed by atoms with van der Waals surface area (Å²) < 4.78 is 52.2. The monoisotopic (exact) mass is 447 g/mol. The molecule has 0 spiro atoms. The van der Waals surface area contributed by atoms with Gasteiger partial charge in [-0.05, 0) is 12.8 Å². The number of aromatic hydroxyl groups is 1. The molecule has 3 atom stereocenters. The Balaban J connectivity index is 2.72. The van der Waals surface area contributed by atoms with Crippen LogP contribution in [0.2, 0.25) is 0 Å². The zero-order valence-corrected chi connectivity index (χ0v) is 18.1. The number of aromatic nitrogens is 1. The van der Waals surface area contributed by atoms with Crippen LogP contribution in [0.1, 0.15) is 44.6 Å². The van der Waals surface area contributed by atoms with Crippen LogP contribution >= 0.6 is 0 Å². The van der Waals surface area contributed by atoms with E-state index in [1.165, 1.54) is 26.3 Å². The molecule has 0 saturated heterocycles. The molecule has 0 unspecified atom stereocenters. The number of Topliss-reactive ketones (excluding diaryl/α,β-unsaturated/α-hetero) is 1. The predicted molar refractivity (Wildman–Crippen MR) is 106 cm³/mol. The first-order valence-corrected chi connectivity index (χ1v) is 9.69. The summed E-state index contributed by atoms with van der Waals surface area (Å²) in [6.07, 6.45) is -3.88. The molecule has 0 aliphatic rings. The molecule has 0 bridgehead atoms. The number of methoxy groups -OCH3 is 1. The Bertz CT molecular complexity index is 779. The normalized spacial score (nSPS) is 15.0. The number of ketones is 1. The van der Waals surface area contributed by atoms with E-state index in [2.05, 4.69) is 4.98 Å². The van der Waals surface area contributed by atoms with Crippen LogP contribution < -0.4 is 4.74 Å². The Kier molecular flexibility index (Phi) is 9.96. The first kappa shape index (κ1) is 26.4. The van der Waals surface area contributed by atoms with Crippen molar-refractivity contribution in [1.29, 1.82) is 0 Å². The topological polar surface area (TPSA) is 95.0 Å². The Morgan fingerprint density at radius 2 is 1.87 bits per heavy atom. The van der Waals surface area contributed by atoms with Gasteiger partial charge in [0.15, 0.2) is 23.0 Å². The van der Waals surface area contributed by atoms with E-state index < -0.39 is 41.8 Å². The van der Waals surface area contributed by atoms with E-state index >= 15 is 0 Å². The molecule has 174 valence electrons. The Morgan fingerprint density at radius 1 is 1.23 bits per heavy atom. The second-order valence-corrected chi connectivity index (χ2v) is 7.37. The van der Waals surface area contributed by atoms with Gasteiger partial charge in [-0.1, -0.05) is 26.8 Å². The lowest BCUT2D eigenvalue weighted by Gasteiger charge is -2.28. The highest BCUT2D eigenvalue weighted by atomic mass is 19.4. The van der Waals surface area contributed by atoms with Crippen molar-refractivity contribution in [3.05, 3.63) is 30.1 Å². The lowest BCUT2D eigenvalue weighted by molar-refractivity contribution is -0.164. The van der Waals surface area contributed by atoms with Crippen LogP contribution in [0.5, 0.6) is 11.5 Å². The number of pyridine rings is 1. The molecular formula is C21H28F3NO6. The minimum atomic E-state index is -4.43. The van der Waals surface area contributed by atoms with Gasteiger partial charge in [0.05, 0.1) is 25.7 Å². The number of esters is 1. The molecule has 7 nitrogen and oxygen atoms in total. The molecule has 0 aliphatic carbocycles. The number of ether oxygens (including phenoxy) is 3. The quantitative estimate of drug-likeness (QED) is 0.310. The molecule has 1 rings (SSSR count). The number of nitrogens with zero attached hydrogens (tertiary/aromatic N) is 1. The minimum Gasteiger partial charge on any atom is -0.503 e. The molecule has 0 aromatic carbocycles. The maximum atomic E-state index is 12.5. The second kappa shape index (κ2) is 11.7. The fraction of sp³-hybridized carbons (Fsp3) is 0.571. The number of hydrogen-bond donors (Lipinski definition) is 1. The first-order valence-electron chi connectivity index (χ1n) is 9.69. The lowest BCUT2D eigenvalue weighted by Crippen LogP contribution is -2.37. The van der Waals surface area contributed by atoms with Crippen molar-refractivity contribution in [2.75, 3.05) is 13.7 Å². The highest BCUT2D eigenvalue weighted by Gasteiger charge is 2.30. The summed E-state index contributed by atoms with van der Waals surface area (Å²) in [5.41, 5.74) is -0.215. The van der Waals surface area contributed by atoms with Crippen molar-refractivity contribution in [3.8, 4) is 11.5 Å². The summed E-state index contributed by atoms with van der Waals surface area (Å²) in [7, 11) is 1.33. The van der Waals surface area contributed by atoms with E-state index in [-0.39, 0.29) is 36.5 Å². The van der Waals surface area contributed by atoms with E-state index in [1.54, 1.807) is 20.8 Å². The fourth-order valence-corrected chi connectivity index (χ4v) is 2.77. The summed E-state index contributed by atoms with van der Waals surface area (Å²) in [5.74, 6) is -2.60. The first-order chi connectivity index (χ1) is 14.4. The number of hydrogen-bond acceptors (Lipinski definition) is 7. The van der Waals surface area contributed by atoms with Crippen molar-refractivity contribution in [2.24, 2.45) is 11.8 Å². The van der Waals surface area contributed by atoms with Gasteiger partial charge in [-0.15, -0.1) is 0 Å². The van der Waals surface area contributed by atoms with Crippen molar-refractivity contribution in [3.63, 3.8) is 0 Å². The van der Waals surface area contributed by atoms with E-state index in [0.717, 1.165) is 6.08 Å². The number of halogens is 3. The number of carbonyl (C=O) groups excluding carboxylic acids is 2. The molecule has 31 heavy (non-hydrogen) atoms. The van der Waals surface area contributed by atoms with E-state index in [0.29, 0.717) is 0 Å². The maximum absolute atomic E-state index is 12.5. The Hall–Kier alpha value is -2.62. The molecular weight excluding hydrogens is 419 g/mol. The van der Waals surface area contributed by atoms with Crippen molar-refractivity contribution in [2.45, 2.75) is 52.5 Å². The van der Waals surface area contributed by atoms with Crippen molar-refractivity contribution >= 4 is 11.8 Å². The molecule has 1 aromatic heterocycles. The highest BCUT2D eigenvalue weighted by molar-refractivity contribution is 5.99. The number of allylic oxidation sites excluding steroid dienone is 1. The standard InChI is InChI=1S/C21H28F3NO6/c1-12(2)19(14(4)30-10-6-8-21(22,23)24)31-20(28)13(3)11-15(26)17-18(27)16(29-5)7-9-25-17/h6-9,12-14,19,27H,10-11H2,1-5H3/b8-6+/t13-,14+,19-/m1/s1. The van der Waals surface area contributed by atoms with Gasteiger partial charge in [0.1, 0.15) is 6.10 Å². The molecule has 0 radical (unpaired) electrons. The van der Waals surface area contributed by atoms with Crippen molar-refractivity contribution < 1.29 is 42.1 Å². The van der Waals surface area contributed by atoms with E-state index in [4.69, 9.17) is 14.2 Å². The smallest absolute Gasteiger partial charge is 0.409 e. The van der Waals surface area contributed by atoms with Crippen LogP contribution in [0, 0.1) is 11.8 Å². The average molecular weight is 447 g/mol. The zero-order valence-electron chi connectivity index (χ0n) is 18.1. The average Bonchev–Trinajstić information content (AvgIpc) is 2.67. The van der Waals surface area contributed by atoms with Crippen LogP contribution in [0.25, 0.3) is 0 Å². The molecule has 10 heteroatoms. The van der Waals surface area contributed by atoms with Crippen LogP contribution in [0.4, 0.5) is 13.2 Å². The van der Waals surface area contributed by atoms with Gasteiger partial charge in [-0.3, -0.25) is 9.59 Å². The largest absolute Gasteiger partial charge is 0.503 e. The van der Waals surface area contributed by atoms with Crippen LogP contribution in [-0.2, 0) is 14.3 Å². The summed E-state index contributed by atoms with van der Waals surface area (Å²) in [5, 5.41) is 10.0. The number of carbonyl (C=O) groups is 2. The Morgan fingerprint density at radius 3 is 2.42 bits per heavy atom. The molecule has 1 N–H and O–H groups in total. The summed E-state index contributed by atoms with van der Waals surface area (Å²) >= 11 is 0. The Labute approximate surface area is 179 Å². The fourth-order valence-electron chi connectivity index (χ4n) is 2.77. The van der Waals surface area contributed by atoms with E-state index in [9.17, 15) is 27.9 Å². The van der Waals surface area contributed by atoms with Gasteiger partial charge in [0.2, 0.25) is 0 Å². The van der Waals surface area contributed by atoms with Crippen LogP contribution in [0.3, 0.4) is 0 Å². The van der Waals surface area contributed by atoms with Gasteiger partial charge < -0.3 is 19.3 Å². The summed E-state index contributed by atoms with van der Waals surface area (Å²) in [4.78, 5) is 28.8. The summed E-state index contributed by atoms with van der Waals surface area (Å²) in [6.45, 7) is 6.34. The third-order valence-corrected chi connectivity index (χ3v) is 4.40. The van der Waals surface area contributed by atoms with Gasteiger partial charge in [-0.2, -0.15) is 13.2 Å². The predicted octanol–water partition coefficient (Wildman–Crippen LogP) is 4.10. The second-order valence-electron chi connectivity index (χ2n) is 7.37. The maximum Gasteiger partial charge on any atom is 0.409 e. The third-order valence-electron chi connectivity index (χ3n) is 4.40. The molecule has 0 saturated carbocycles. The zero-order chi connectivity index (χ0) is 23.8. The van der Waals surface area contributed by atoms with Crippen LogP contribution in [-0.4, -0.2) is 53.9 Å². The molecule has 1 aromatic rings. The lowest BCUT2D eigenvalue weighted by atomic mass is 10.00. The minimum absolute atomic E-state index is 0.0752. The SMILES string of the molecule is COc1ccnc(C(=O)C[C@@H](C)C(=O)O[C@H](C(C)C)[C@H](C)OC/C=C/C(F)(F)F)c1O. The molecule has 1 heterocycles. The number of alkyl halides is 3. The highest BCUT2D eigenvalue weighted by Crippen LogP contribution is 2.29. The number of rotatable bonds is 11. The molecule has 0 aliphatic heterocycles. The van der Waals surface area contributed by atoms with Gasteiger partial charge in [-0.25, -0.2) is 4.98 Å².